The van der Waals surface area contributed by atoms with E-state index < -0.39 is 5.91 Å². The lowest BCUT2D eigenvalue weighted by molar-refractivity contribution is -0.123. The number of para-hydroxylation sites is 1. The summed E-state index contributed by atoms with van der Waals surface area (Å²) < 4.78 is 5.69. The van der Waals surface area contributed by atoms with Gasteiger partial charge in [-0.25, -0.2) is 0 Å². The zero-order valence-electron chi connectivity index (χ0n) is 18.3. The van der Waals surface area contributed by atoms with E-state index in [1.807, 2.05) is 24.3 Å². The van der Waals surface area contributed by atoms with Gasteiger partial charge in [-0.3, -0.25) is 25.2 Å². The van der Waals surface area contributed by atoms with Crippen LogP contribution in [-0.2, 0) is 22.6 Å². The molecule has 0 saturated heterocycles. The van der Waals surface area contributed by atoms with Crippen LogP contribution in [0.3, 0.4) is 0 Å². The Bertz CT molecular complexity index is 1180. The van der Waals surface area contributed by atoms with Crippen LogP contribution < -0.4 is 20.9 Å². The summed E-state index contributed by atoms with van der Waals surface area (Å²) in [7, 11) is 0. The Morgan fingerprint density at radius 3 is 2.47 bits per heavy atom. The number of hydrogen-bond donors (Lipinski definition) is 3. The van der Waals surface area contributed by atoms with E-state index in [0.717, 1.165) is 16.8 Å². The number of anilines is 1. The highest BCUT2D eigenvalue weighted by molar-refractivity contribution is 6.30. The maximum absolute atomic E-state index is 12.3. The number of fused-ring (bicyclic) bond motifs is 1. The molecule has 8 heteroatoms. The van der Waals surface area contributed by atoms with Gasteiger partial charge in [0.15, 0.2) is 0 Å². The molecular formula is C26H24ClN3O4. The second-order valence-electron chi connectivity index (χ2n) is 8.03. The molecule has 0 saturated carbocycles. The number of carbonyl (C=O) groups excluding carboxylic acids is 3. The Labute approximate surface area is 202 Å². The standard InChI is InChI=1S/C26H24ClN3O4/c27-21-10-12-22(13-11-21)34-16-17-5-7-18(8-6-17)26(33)30-29-24(31)14-9-20-15-19-3-1-2-4-23(19)28-25(20)32/h1-8,10-13,20H,9,14-16H2,(H,28,32)(H,29,31)(H,30,33)/t20-/m0/s1. The number of benzene rings is 3. The Balaban J connectivity index is 1.20. The van der Waals surface area contributed by atoms with Gasteiger partial charge in [0.05, 0.1) is 0 Å². The molecule has 1 heterocycles. The lowest BCUT2D eigenvalue weighted by atomic mass is 9.89. The highest BCUT2D eigenvalue weighted by Crippen LogP contribution is 2.27. The zero-order valence-corrected chi connectivity index (χ0v) is 19.1. The number of carbonyl (C=O) groups is 3. The molecule has 0 spiro atoms. The van der Waals surface area contributed by atoms with Crippen molar-refractivity contribution in [3.05, 3.63) is 94.5 Å². The minimum Gasteiger partial charge on any atom is -0.489 e. The molecular weight excluding hydrogens is 454 g/mol. The van der Waals surface area contributed by atoms with Gasteiger partial charge in [0.25, 0.3) is 5.91 Å². The molecule has 1 aliphatic rings. The van der Waals surface area contributed by atoms with Gasteiger partial charge in [0.2, 0.25) is 11.8 Å². The van der Waals surface area contributed by atoms with Gasteiger partial charge in [-0.1, -0.05) is 41.9 Å². The van der Waals surface area contributed by atoms with Gasteiger partial charge >= 0.3 is 0 Å². The van der Waals surface area contributed by atoms with Crippen LogP contribution in [0.5, 0.6) is 5.75 Å². The summed E-state index contributed by atoms with van der Waals surface area (Å²) in [6, 6.07) is 21.6. The maximum Gasteiger partial charge on any atom is 0.269 e. The number of hydrazine groups is 1. The highest BCUT2D eigenvalue weighted by Gasteiger charge is 2.26. The summed E-state index contributed by atoms with van der Waals surface area (Å²) in [4.78, 5) is 36.8. The molecule has 1 atom stereocenters. The second-order valence-corrected chi connectivity index (χ2v) is 8.46. The Morgan fingerprint density at radius 1 is 0.971 bits per heavy atom. The summed E-state index contributed by atoms with van der Waals surface area (Å²) in [6.45, 7) is 0.347. The van der Waals surface area contributed by atoms with Crippen molar-refractivity contribution in [3.63, 3.8) is 0 Å². The van der Waals surface area contributed by atoms with Crippen LogP contribution in [-0.4, -0.2) is 17.7 Å². The van der Waals surface area contributed by atoms with Crippen molar-refractivity contribution < 1.29 is 19.1 Å². The molecule has 1 aliphatic heterocycles. The van der Waals surface area contributed by atoms with Crippen LogP contribution in [0.1, 0.15) is 34.3 Å². The molecule has 0 bridgehead atoms. The summed E-state index contributed by atoms with van der Waals surface area (Å²) in [5, 5.41) is 3.51. The van der Waals surface area contributed by atoms with E-state index in [-0.39, 0.29) is 24.2 Å². The summed E-state index contributed by atoms with van der Waals surface area (Å²) >= 11 is 5.86. The quantitative estimate of drug-likeness (QED) is 0.443. The Hall–Kier alpha value is -3.84. The lowest BCUT2D eigenvalue weighted by Crippen LogP contribution is -2.42. The van der Waals surface area contributed by atoms with E-state index in [1.165, 1.54) is 0 Å². The molecule has 3 amide bonds. The fourth-order valence-electron chi connectivity index (χ4n) is 3.66. The van der Waals surface area contributed by atoms with Crippen molar-refractivity contribution in [2.75, 3.05) is 5.32 Å². The van der Waals surface area contributed by atoms with Gasteiger partial charge in [-0.05, 0) is 66.4 Å². The van der Waals surface area contributed by atoms with E-state index in [0.29, 0.717) is 35.8 Å². The lowest BCUT2D eigenvalue weighted by Gasteiger charge is -2.24. The van der Waals surface area contributed by atoms with Gasteiger partial charge in [0, 0.05) is 28.6 Å². The molecule has 3 aromatic rings. The number of amides is 3. The monoisotopic (exact) mass is 477 g/mol. The van der Waals surface area contributed by atoms with Crippen molar-refractivity contribution in [1.82, 2.24) is 10.9 Å². The van der Waals surface area contributed by atoms with Gasteiger partial charge in [-0.2, -0.15) is 0 Å². The molecule has 174 valence electrons. The second kappa shape index (κ2) is 10.9. The van der Waals surface area contributed by atoms with Crippen molar-refractivity contribution in [2.24, 2.45) is 5.92 Å². The van der Waals surface area contributed by atoms with Crippen LogP contribution in [0, 0.1) is 5.92 Å². The smallest absolute Gasteiger partial charge is 0.269 e. The average Bonchev–Trinajstić information content (AvgIpc) is 2.86. The van der Waals surface area contributed by atoms with Crippen molar-refractivity contribution in [2.45, 2.75) is 25.9 Å². The van der Waals surface area contributed by atoms with E-state index in [9.17, 15) is 14.4 Å². The molecule has 3 aromatic carbocycles. The summed E-state index contributed by atoms with van der Waals surface area (Å²) in [5.41, 5.74) is 8.00. The molecule has 0 aromatic heterocycles. The first kappa shape index (κ1) is 23.3. The molecule has 0 radical (unpaired) electrons. The van der Waals surface area contributed by atoms with Crippen molar-refractivity contribution in [1.29, 1.82) is 0 Å². The summed E-state index contributed by atoms with van der Waals surface area (Å²) in [5.74, 6) is -0.450. The highest BCUT2D eigenvalue weighted by atomic mass is 35.5. The zero-order chi connectivity index (χ0) is 23.9. The largest absolute Gasteiger partial charge is 0.489 e. The molecule has 34 heavy (non-hydrogen) atoms. The van der Waals surface area contributed by atoms with E-state index >= 15 is 0 Å². The van der Waals surface area contributed by atoms with Crippen molar-refractivity contribution >= 4 is 35.0 Å². The number of ether oxygens (including phenoxy) is 1. The summed E-state index contributed by atoms with van der Waals surface area (Å²) in [6.07, 6.45) is 1.11. The van der Waals surface area contributed by atoms with E-state index in [2.05, 4.69) is 16.2 Å². The first-order valence-corrected chi connectivity index (χ1v) is 11.3. The predicted octanol–water partition coefficient (Wildman–Crippen LogP) is 4.27. The van der Waals surface area contributed by atoms with Crippen LogP contribution in [0.2, 0.25) is 5.02 Å². The maximum atomic E-state index is 12.3. The molecule has 7 nitrogen and oxygen atoms in total. The van der Waals surface area contributed by atoms with E-state index in [1.54, 1.807) is 48.5 Å². The van der Waals surface area contributed by atoms with Crippen LogP contribution in [0.4, 0.5) is 5.69 Å². The minimum atomic E-state index is -0.428. The predicted molar refractivity (Wildman–Crippen MR) is 129 cm³/mol. The van der Waals surface area contributed by atoms with Gasteiger partial charge in [-0.15, -0.1) is 0 Å². The third-order valence-electron chi connectivity index (χ3n) is 5.58. The number of rotatable bonds is 7. The molecule has 0 unspecified atom stereocenters. The van der Waals surface area contributed by atoms with Crippen LogP contribution in [0.25, 0.3) is 0 Å². The average molecular weight is 478 g/mol. The number of nitrogens with one attached hydrogen (secondary N) is 3. The molecule has 0 aliphatic carbocycles. The molecule has 3 N–H and O–H groups in total. The minimum absolute atomic E-state index is 0.0873. The number of hydrogen-bond acceptors (Lipinski definition) is 4. The first-order valence-electron chi connectivity index (χ1n) is 10.9. The third kappa shape index (κ3) is 6.14. The van der Waals surface area contributed by atoms with Gasteiger partial charge in [0.1, 0.15) is 12.4 Å². The van der Waals surface area contributed by atoms with Crippen LogP contribution in [0.15, 0.2) is 72.8 Å². The van der Waals surface area contributed by atoms with Crippen LogP contribution >= 0.6 is 11.6 Å². The Kier molecular flexibility index (Phi) is 7.44. The topological polar surface area (TPSA) is 96.5 Å². The van der Waals surface area contributed by atoms with Gasteiger partial charge < -0.3 is 10.1 Å². The van der Waals surface area contributed by atoms with Crippen molar-refractivity contribution in [3.8, 4) is 5.75 Å². The van der Waals surface area contributed by atoms with E-state index in [4.69, 9.17) is 16.3 Å². The fourth-order valence-corrected chi connectivity index (χ4v) is 3.79. The first-order chi connectivity index (χ1) is 16.5. The third-order valence-corrected chi connectivity index (χ3v) is 5.83. The molecule has 0 fully saturated rings. The fraction of sp³-hybridized carbons (Fsp3) is 0.192. The Morgan fingerprint density at radius 2 is 1.71 bits per heavy atom. The number of halogens is 1. The normalized spacial score (nSPS) is 14.5. The SMILES string of the molecule is O=C(CC[C@H]1Cc2ccccc2NC1=O)NNC(=O)c1ccc(COc2ccc(Cl)cc2)cc1. The molecule has 4 rings (SSSR count).